The molecule has 0 aliphatic carbocycles. The number of nitrogens with zero attached hydrogens (tertiary/aromatic N) is 1. The van der Waals surface area contributed by atoms with Gasteiger partial charge in [-0.15, -0.1) is 0 Å². The van der Waals surface area contributed by atoms with Crippen molar-refractivity contribution in [2.45, 2.75) is 25.8 Å². The maximum atomic E-state index is 8.68. The number of para-hydroxylation sites is 1. The molecule has 21 heavy (non-hydrogen) atoms. The van der Waals surface area contributed by atoms with Gasteiger partial charge in [-0.05, 0) is 41.7 Å². The minimum absolute atomic E-state index is 0.469. The molecule has 0 bridgehead atoms. The predicted molar refractivity (Wildman–Crippen MR) is 86.3 cm³/mol. The van der Waals surface area contributed by atoms with Crippen LogP contribution in [0, 0.1) is 11.3 Å². The van der Waals surface area contributed by atoms with Crippen molar-refractivity contribution in [3.8, 4) is 6.07 Å². The number of nitrogens with one attached hydrogen (secondary N) is 2. The molecular weight excluding hydrogens is 258 g/mol. The summed E-state index contributed by atoms with van der Waals surface area (Å²) in [6.45, 7) is 1.88. The van der Waals surface area contributed by atoms with Gasteiger partial charge in [-0.1, -0.05) is 30.3 Å². The molecule has 0 aromatic heterocycles. The van der Waals surface area contributed by atoms with Crippen molar-refractivity contribution < 1.29 is 0 Å². The highest BCUT2D eigenvalue weighted by Gasteiger charge is 2.11. The molecule has 0 spiro atoms. The minimum atomic E-state index is 0.469. The second kappa shape index (κ2) is 6.32. The van der Waals surface area contributed by atoms with Gasteiger partial charge in [-0.2, -0.15) is 5.26 Å². The molecule has 2 aromatic carbocycles. The van der Waals surface area contributed by atoms with Crippen LogP contribution in [-0.2, 0) is 19.4 Å². The van der Waals surface area contributed by atoms with Crippen LogP contribution >= 0.6 is 0 Å². The number of hydrogen-bond donors (Lipinski definition) is 2. The number of fused-ring (bicyclic) bond motifs is 1. The zero-order valence-electron chi connectivity index (χ0n) is 12.0. The third-order valence-electron chi connectivity index (χ3n) is 3.88. The van der Waals surface area contributed by atoms with Gasteiger partial charge in [0.2, 0.25) is 0 Å². The van der Waals surface area contributed by atoms with E-state index in [-0.39, 0.29) is 0 Å². The minimum Gasteiger partial charge on any atom is -0.385 e. The van der Waals surface area contributed by atoms with Crippen LogP contribution in [0.1, 0.15) is 23.1 Å². The molecule has 3 nitrogen and oxygen atoms in total. The fourth-order valence-electron chi connectivity index (χ4n) is 2.76. The highest BCUT2D eigenvalue weighted by atomic mass is 14.9. The summed E-state index contributed by atoms with van der Waals surface area (Å²) in [6.07, 6.45) is 2.85. The average molecular weight is 277 g/mol. The van der Waals surface area contributed by atoms with Gasteiger partial charge in [-0.3, -0.25) is 0 Å². The Kier molecular flexibility index (Phi) is 4.07. The van der Waals surface area contributed by atoms with E-state index in [1.807, 2.05) is 24.3 Å². The van der Waals surface area contributed by atoms with Crippen molar-refractivity contribution in [3.05, 3.63) is 59.2 Å². The number of hydrogen-bond acceptors (Lipinski definition) is 3. The van der Waals surface area contributed by atoms with Crippen molar-refractivity contribution in [1.29, 1.82) is 5.26 Å². The molecule has 1 heterocycles. The third kappa shape index (κ3) is 3.17. The predicted octanol–water partition coefficient (Wildman–Crippen LogP) is 3.72. The number of nitriles is 1. The lowest BCUT2D eigenvalue weighted by molar-refractivity contribution is 0.825. The van der Waals surface area contributed by atoms with Crippen LogP contribution in [-0.4, -0.2) is 6.54 Å². The Morgan fingerprint density at radius 3 is 2.81 bits per heavy atom. The fraction of sp³-hybridized carbons (Fsp3) is 0.278. The standard InChI is InChI=1S/C18H19N3/c19-11-10-14-6-8-17(9-7-14)21-13-16-4-1-3-15-5-2-12-20-18(15)16/h1,3-4,6-9,20-21H,2,5,10,12-13H2. The van der Waals surface area contributed by atoms with E-state index < -0.39 is 0 Å². The van der Waals surface area contributed by atoms with Gasteiger partial charge in [-0.25, -0.2) is 0 Å². The van der Waals surface area contributed by atoms with Gasteiger partial charge in [0, 0.05) is 24.5 Å². The lowest BCUT2D eigenvalue weighted by atomic mass is 9.99. The molecule has 0 atom stereocenters. The van der Waals surface area contributed by atoms with Crippen LogP contribution < -0.4 is 10.6 Å². The van der Waals surface area contributed by atoms with Crippen LogP contribution in [0.5, 0.6) is 0 Å². The van der Waals surface area contributed by atoms with Crippen LogP contribution in [0.2, 0.25) is 0 Å². The number of benzene rings is 2. The van der Waals surface area contributed by atoms with Gasteiger partial charge >= 0.3 is 0 Å². The van der Waals surface area contributed by atoms with Crippen molar-refractivity contribution in [2.75, 3.05) is 17.2 Å². The maximum absolute atomic E-state index is 8.68. The Morgan fingerprint density at radius 2 is 2.00 bits per heavy atom. The SMILES string of the molecule is N#CCc1ccc(NCc2cccc3c2NCCC3)cc1. The Morgan fingerprint density at radius 1 is 1.14 bits per heavy atom. The molecule has 106 valence electrons. The lowest BCUT2D eigenvalue weighted by Gasteiger charge is -2.21. The molecule has 0 saturated heterocycles. The van der Waals surface area contributed by atoms with E-state index >= 15 is 0 Å². The second-order valence-corrected chi connectivity index (χ2v) is 5.37. The van der Waals surface area contributed by atoms with Crippen molar-refractivity contribution in [2.24, 2.45) is 0 Å². The Balaban J connectivity index is 1.69. The maximum Gasteiger partial charge on any atom is 0.0669 e. The largest absolute Gasteiger partial charge is 0.385 e. The van der Waals surface area contributed by atoms with Crippen molar-refractivity contribution >= 4 is 11.4 Å². The van der Waals surface area contributed by atoms with Gasteiger partial charge in [0.05, 0.1) is 12.5 Å². The summed E-state index contributed by atoms with van der Waals surface area (Å²) in [7, 11) is 0. The Hall–Kier alpha value is -2.47. The van der Waals surface area contributed by atoms with Crippen molar-refractivity contribution in [1.82, 2.24) is 0 Å². The molecule has 0 amide bonds. The van der Waals surface area contributed by atoms with E-state index in [4.69, 9.17) is 5.26 Å². The molecular formula is C18H19N3. The van der Waals surface area contributed by atoms with Gasteiger partial charge in [0.1, 0.15) is 0 Å². The zero-order chi connectivity index (χ0) is 14.5. The first-order valence-corrected chi connectivity index (χ1v) is 7.41. The molecule has 0 fully saturated rings. The summed E-state index contributed by atoms with van der Waals surface area (Å²) in [4.78, 5) is 0. The smallest absolute Gasteiger partial charge is 0.0669 e. The number of anilines is 2. The molecule has 2 aromatic rings. The summed E-state index contributed by atoms with van der Waals surface area (Å²) in [5, 5.41) is 15.7. The molecule has 0 unspecified atom stereocenters. The average Bonchev–Trinajstić information content (AvgIpc) is 2.54. The monoisotopic (exact) mass is 277 g/mol. The second-order valence-electron chi connectivity index (χ2n) is 5.37. The molecule has 3 rings (SSSR count). The fourth-order valence-corrected chi connectivity index (χ4v) is 2.76. The first kappa shape index (κ1) is 13.5. The topological polar surface area (TPSA) is 47.9 Å². The summed E-state index contributed by atoms with van der Waals surface area (Å²) in [5.41, 5.74) is 6.18. The van der Waals surface area contributed by atoms with E-state index in [1.165, 1.54) is 29.7 Å². The van der Waals surface area contributed by atoms with Crippen LogP contribution in [0.3, 0.4) is 0 Å². The molecule has 0 radical (unpaired) electrons. The lowest BCUT2D eigenvalue weighted by Crippen LogP contribution is -2.14. The molecule has 3 heteroatoms. The van der Waals surface area contributed by atoms with E-state index in [0.29, 0.717) is 6.42 Å². The summed E-state index contributed by atoms with van der Waals surface area (Å²) < 4.78 is 0. The Bertz CT molecular complexity index is 653. The van der Waals surface area contributed by atoms with Crippen LogP contribution in [0.4, 0.5) is 11.4 Å². The van der Waals surface area contributed by atoms with Gasteiger partial charge < -0.3 is 10.6 Å². The Labute approximate surface area is 125 Å². The zero-order valence-corrected chi connectivity index (χ0v) is 12.0. The highest BCUT2D eigenvalue weighted by molar-refractivity contribution is 5.60. The van der Waals surface area contributed by atoms with E-state index in [2.05, 4.69) is 34.9 Å². The number of aryl methyl sites for hydroxylation is 1. The first-order chi connectivity index (χ1) is 10.4. The quantitative estimate of drug-likeness (QED) is 0.895. The molecule has 1 aliphatic rings. The van der Waals surface area contributed by atoms with Crippen LogP contribution in [0.15, 0.2) is 42.5 Å². The summed E-state index contributed by atoms with van der Waals surface area (Å²) >= 11 is 0. The van der Waals surface area contributed by atoms with Crippen molar-refractivity contribution in [3.63, 3.8) is 0 Å². The molecule has 2 N–H and O–H groups in total. The summed E-state index contributed by atoms with van der Waals surface area (Å²) in [5.74, 6) is 0. The number of rotatable bonds is 4. The molecule has 0 saturated carbocycles. The highest BCUT2D eigenvalue weighted by Crippen LogP contribution is 2.26. The third-order valence-corrected chi connectivity index (χ3v) is 3.88. The van der Waals surface area contributed by atoms with E-state index in [1.54, 1.807) is 0 Å². The first-order valence-electron chi connectivity index (χ1n) is 7.41. The summed E-state index contributed by atoms with van der Waals surface area (Å²) in [6, 6.07) is 16.8. The van der Waals surface area contributed by atoms with E-state index in [0.717, 1.165) is 24.3 Å². The normalized spacial score (nSPS) is 12.9. The van der Waals surface area contributed by atoms with Crippen LogP contribution in [0.25, 0.3) is 0 Å². The van der Waals surface area contributed by atoms with Gasteiger partial charge in [0.15, 0.2) is 0 Å². The molecule has 1 aliphatic heterocycles. The van der Waals surface area contributed by atoms with Gasteiger partial charge in [0.25, 0.3) is 0 Å². The van der Waals surface area contributed by atoms with E-state index in [9.17, 15) is 0 Å².